The minimum atomic E-state index is 0.371. The molecule has 0 aromatic rings. The van der Waals surface area contributed by atoms with Crippen LogP contribution in [0, 0.1) is 0 Å². The minimum Gasteiger partial charge on any atom is -0.379 e. The van der Waals surface area contributed by atoms with Gasteiger partial charge in [0.15, 0.2) is 6.29 Å². The van der Waals surface area contributed by atoms with Crippen molar-refractivity contribution in [2.75, 3.05) is 19.8 Å². The van der Waals surface area contributed by atoms with Gasteiger partial charge < -0.3 is 10.1 Å². The van der Waals surface area contributed by atoms with E-state index >= 15 is 0 Å². The summed E-state index contributed by atoms with van der Waals surface area (Å²) in [7, 11) is 0. The van der Waals surface area contributed by atoms with Crippen LogP contribution in [0.5, 0.6) is 0 Å². The van der Waals surface area contributed by atoms with Gasteiger partial charge in [-0.3, -0.25) is 4.79 Å². The van der Waals surface area contributed by atoms with Crippen molar-refractivity contribution in [1.82, 2.24) is 5.32 Å². The van der Waals surface area contributed by atoms with Crippen LogP contribution in [0.3, 0.4) is 0 Å². The lowest BCUT2D eigenvalue weighted by atomic mass is 10.1. The lowest BCUT2D eigenvalue weighted by molar-refractivity contribution is 0.0748. The van der Waals surface area contributed by atoms with Crippen LogP contribution >= 0.6 is 0 Å². The van der Waals surface area contributed by atoms with Crippen LogP contribution in [-0.2, 0) is 9.53 Å². The first-order valence-electron chi connectivity index (χ1n) is 3.59. The fraction of sp³-hybridized carbons (Fsp3) is 0.857. The molecule has 1 rings (SSSR count). The third kappa shape index (κ3) is 2.45. The van der Waals surface area contributed by atoms with Crippen LogP contribution in [0.15, 0.2) is 0 Å². The summed E-state index contributed by atoms with van der Waals surface area (Å²) < 4.78 is 5.19. The van der Waals surface area contributed by atoms with Crippen LogP contribution in [0.25, 0.3) is 0 Å². The molecular formula is C7H12NO2. The fourth-order valence-corrected chi connectivity index (χ4v) is 1.04. The zero-order valence-corrected chi connectivity index (χ0v) is 5.93. The smallest absolute Gasteiger partial charge is 0.198 e. The SMILES string of the molecule is O=[C]CCC1COCCN1. The Morgan fingerprint density at radius 3 is 3.20 bits per heavy atom. The molecule has 1 aliphatic heterocycles. The zero-order chi connectivity index (χ0) is 7.23. The van der Waals surface area contributed by atoms with E-state index in [-0.39, 0.29) is 0 Å². The average Bonchev–Trinajstić information content (AvgIpc) is 2.03. The van der Waals surface area contributed by atoms with Crippen LogP contribution < -0.4 is 5.32 Å². The average molecular weight is 142 g/mol. The summed E-state index contributed by atoms with van der Waals surface area (Å²) in [6, 6.07) is 0.371. The molecule has 1 unspecified atom stereocenters. The lowest BCUT2D eigenvalue weighted by Crippen LogP contribution is -2.41. The minimum absolute atomic E-state index is 0.371. The van der Waals surface area contributed by atoms with Crippen LogP contribution in [0.4, 0.5) is 0 Å². The van der Waals surface area contributed by atoms with E-state index in [2.05, 4.69) is 5.32 Å². The predicted octanol–water partition coefficient (Wildman–Crippen LogP) is -0.135. The van der Waals surface area contributed by atoms with Crippen molar-refractivity contribution in [3.63, 3.8) is 0 Å². The standard InChI is InChI=1S/C7H12NO2/c9-4-1-2-7-6-10-5-3-8-7/h7-8H,1-3,5-6H2. The first-order valence-corrected chi connectivity index (χ1v) is 3.59. The second-order valence-corrected chi connectivity index (χ2v) is 2.41. The third-order valence-corrected chi connectivity index (χ3v) is 1.59. The molecular weight excluding hydrogens is 130 g/mol. The quantitative estimate of drug-likeness (QED) is 0.596. The van der Waals surface area contributed by atoms with Gasteiger partial charge in [0, 0.05) is 19.0 Å². The largest absolute Gasteiger partial charge is 0.379 e. The van der Waals surface area contributed by atoms with E-state index in [0.29, 0.717) is 12.5 Å². The number of ether oxygens (including phenoxy) is 1. The summed E-state index contributed by atoms with van der Waals surface area (Å²) in [5.41, 5.74) is 0. The number of carbonyl (C=O) groups excluding carboxylic acids is 1. The van der Waals surface area contributed by atoms with Gasteiger partial charge in [0.05, 0.1) is 13.2 Å². The van der Waals surface area contributed by atoms with Gasteiger partial charge in [0.2, 0.25) is 0 Å². The van der Waals surface area contributed by atoms with Gasteiger partial charge in [-0.05, 0) is 6.42 Å². The van der Waals surface area contributed by atoms with Gasteiger partial charge in [-0.25, -0.2) is 0 Å². The number of hydrogen-bond acceptors (Lipinski definition) is 3. The summed E-state index contributed by atoms with van der Waals surface area (Å²) in [6.07, 6.45) is 3.24. The molecule has 1 N–H and O–H groups in total. The molecule has 0 aromatic heterocycles. The normalized spacial score (nSPS) is 26.2. The molecule has 57 valence electrons. The van der Waals surface area contributed by atoms with Crippen molar-refractivity contribution in [2.24, 2.45) is 0 Å². The number of hydrogen-bond donors (Lipinski definition) is 1. The van der Waals surface area contributed by atoms with Crippen molar-refractivity contribution >= 4 is 6.29 Å². The van der Waals surface area contributed by atoms with Gasteiger partial charge >= 0.3 is 0 Å². The monoisotopic (exact) mass is 142 g/mol. The molecule has 1 fully saturated rings. The molecule has 0 amide bonds. The summed E-state index contributed by atoms with van der Waals surface area (Å²) in [5.74, 6) is 0. The second kappa shape index (κ2) is 4.41. The molecule has 0 spiro atoms. The first-order chi connectivity index (χ1) is 4.93. The Hall–Kier alpha value is -0.410. The summed E-state index contributed by atoms with van der Waals surface area (Å²) in [4.78, 5) is 9.85. The van der Waals surface area contributed by atoms with E-state index < -0.39 is 0 Å². The lowest BCUT2D eigenvalue weighted by Gasteiger charge is -2.22. The van der Waals surface area contributed by atoms with Gasteiger partial charge in [-0.1, -0.05) is 0 Å². The van der Waals surface area contributed by atoms with E-state index in [9.17, 15) is 4.79 Å². The highest BCUT2D eigenvalue weighted by molar-refractivity contribution is 5.50. The third-order valence-electron chi connectivity index (χ3n) is 1.59. The summed E-state index contributed by atoms with van der Waals surface area (Å²) in [5, 5.41) is 3.25. The van der Waals surface area contributed by atoms with Crippen molar-refractivity contribution in [1.29, 1.82) is 0 Å². The Morgan fingerprint density at radius 1 is 1.70 bits per heavy atom. The molecule has 3 nitrogen and oxygen atoms in total. The zero-order valence-electron chi connectivity index (χ0n) is 5.93. The van der Waals surface area contributed by atoms with Gasteiger partial charge in [0.25, 0.3) is 0 Å². The fourth-order valence-electron chi connectivity index (χ4n) is 1.04. The van der Waals surface area contributed by atoms with E-state index in [1.165, 1.54) is 0 Å². The second-order valence-electron chi connectivity index (χ2n) is 2.41. The highest BCUT2D eigenvalue weighted by Crippen LogP contribution is 1.99. The van der Waals surface area contributed by atoms with Crippen molar-refractivity contribution < 1.29 is 9.53 Å². The van der Waals surface area contributed by atoms with E-state index in [1.807, 2.05) is 6.29 Å². The molecule has 0 bridgehead atoms. The first kappa shape index (κ1) is 7.69. The molecule has 3 heteroatoms. The Balaban J connectivity index is 2.07. The number of rotatable bonds is 3. The Kier molecular flexibility index (Phi) is 3.40. The molecule has 0 aliphatic carbocycles. The van der Waals surface area contributed by atoms with Gasteiger partial charge in [-0.2, -0.15) is 0 Å². The topological polar surface area (TPSA) is 38.3 Å². The molecule has 1 atom stereocenters. The van der Waals surface area contributed by atoms with E-state index in [4.69, 9.17) is 4.74 Å². The van der Waals surface area contributed by atoms with Crippen LogP contribution in [0.1, 0.15) is 12.8 Å². The molecule has 1 radical (unpaired) electrons. The molecule has 0 saturated carbocycles. The van der Waals surface area contributed by atoms with Gasteiger partial charge in [0.1, 0.15) is 0 Å². The molecule has 10 heavy (non-hydrogen) atoms. The van der Waals surface area contributed by atoms with Gasteiger partial charge in [-0.15, -0.1) is 0 Å². The summed E-state index contributed by atoms with van der Waals surface area (Å²) in [6.45, 7) is 2.44. The predicted molar refractivity (Wildman–Crippen MR) is 37.5 cm³/mol. The van der Waals surface area contributed by atoms with Crippen LogP contribution in [0.2, 0.25) is 0 Å². The van der Waals surface area contributed by atoms with Crippen LogP contribution in [-0.4, -0.2) is 32.1 Å². The molecule has 1 saturated heterocycles. The maximum Gasteiger partial charge on any atom is 0.198 e. The van der Waals surface area contributed by atoms with E-state index in [1.54, 1.807) is 0 Å². The Labute approximate surface area is 60.7 Å². The molecule has 1 aliphatic rings. The summed E-state index contributed by atoms with van der Waals surface area (Å²) >= 11 is 0. The van der Waals surface area contributed by atoms with E-state index in [0.717, 1.165) is 26.2 Å². The van der Waals surface area contributed by atoms with Crippen molar-refractivity contribution in [2.45, 2.75) is 18.9 Å². The highest BCUT2D eigenvalue weighted by atomic mass is 16.5. The Morgan fingerprint density at radius 2 is 2.60 bits per heavy atom. The highest BCUT2D eigenvalue weighted by Gasteiger charge is 2.11. The maximum absolute atomic E-state index is 9.85. The number of nitrogens with one attached hydrogen (secondary N) is 1. The van der Waals surface area contributed by atoms with Crippen molar-refractivity contribution in [3.05, 3.63) is 0 Å². The molecule has 0 aromatic carbocycles. The Bertz CT molecular complexity index is 99.8. The maximum atomic E-state index is 9.85. The van der Waals surface area contributed by atoms with Crippen molar-refractivity contribution in [3.8, 4) is 0 Å². The molecule has 1 heterocycles. The number of morpholine rings is 1.